The fourth-order valence-electron chi connectivity index (χ4n) is 2.49. The number of halogens is 1. The highest BCUT2D eigenvalue weighted by atomic mass is 19.1. The van der Waals surface area contributed by atoms with E-state index in [1.807, 2.05) is 12.1 Å². The SMILES string of the molecule is O=C(Nc1cccc(-c2ccc3nncn3n2)c1)Nc1ccccc1F. The third kappa shape index (κ3) is 3.20. The average Bonchev–Trinajstić information content (AvgIpc) is 3.11. The van der Waals surface area contributed by atoms with Crippen molar-refractivity contribution in [1.82, 2.24) is 19.8 Å². The van der Waals surface area contributed by atoms with Gasteiger partial charge in [0.2, 0.25) is 0 Å². The molecule has 0 aliphatic rings. The Labute approximate surface area is 147 Å². The van der Waals surface area contributed by atoms with Gasteiger partial charge in [-0.25, -0.2) is 9.18 Å². The number of para-hydroxylation sites is 1. The van der Waals surface area contributed by atoms with Crippen molar-refractivity contribution in [1.29, 1.82) is 0 Å². The molecule has 0 bridgehead atoms. The lowest BCUT2D eigenvalue weighted by Crippen LogP contribution is -2.20. The number of hydrogen-bond donors (Lipinski definition) is 2. The minimum atomic E-state index is -0.533. The summed E-state index contributed by atoms with van der Waals surface area (Å²) in [4.78, 5) is 12.1. The van der Waals surface area contributed by atoms with Gasteiger partial charge in [-0.2, -0.15) is 9.61 Å². The Morgan fingerprint density at radius 2 is 1.88 bits per heavy atom. The summed E-state index contributed by atoms with van der Waals surface area (Å²) in [6.45, 7) is 0. The molecule has 0 unspecified atom stereocenters. The predicted octanol–water partition coefficient (Wildman–Crippen LogP) is 3.57. The highest BCUT2D eigenvalue weighted by molar-refractivity contribution is 6.00. The lowest BCUT2D eigenvalue weighted by Gasteiger charge is -2.09. The maximum atomic E-state index is 13.6. The highest BCUT2D eigenvalue weighted by Crippen LogP contribution is 2.21. The number of carbonyl (C=O) groups is 1. The quantitative estimate of drug-likeness (QED) is 0.593. The molecule has 0 fully saturated rings. The summed E-state index contributed by atoms with van der Waals surface area (Å²) >= 11 is 0. The molecule has 2 aromatic heterocycles. The monoisotopic (exact) mass is 348 g/mol. The van der Waals surface area contributed by atoms with Gasteiger partial charge >= 0.3 is 6.03 Å². The topological polar surface area (TPSA) is 84.2 Å². The van der Waals surface area contributed by atoms with Crippen LogP contribution in [0.3, 0.4) is 0 Å². The van der Waals surface area contributed by atoms with E-state index < -0.39 is 11.8 Å². The molecule has 0 saturated heterocycles. The number of benzene rings is 2. The zero-order valence-electron chi connectivity index (χ0n) is 13.4. The van der Waals surface area contributed by atoms with E-state index in [1.165, 1.54) is 18.5 Å². The van der Waals surface area contributed by atoms with Gasteiger partial charge in [0.25, 0.3) is 0 Å². The molecule has 0 aliphatic heterocycles. The first-order chi connectivity index (χ1) is 12.7. The number of rotatable bonds is 3. The Kier molecular flexibility index (Phi) is 3.98. The van der Waals surface area contributed by atoms with Gasteiger partial charge in [0, 0.05) is 11.3 Å². The smallest absolute Gasteiger partial charge is 0.308 e. The van der Waals surface area contributed by atoms with Crippen LogP contribution in [0, 0.1) is 5.82 Å². The first-order valence-corrected chi connectivity index (χ1v) is 7.79. The van der Waals surface area contributed by atoms with Gasteiger partial charge in [-0.05, 0) is 36.4 Å². The van der Waals surface area contributed by atoms with Crippen molar-refractivity contribution in [3.05, 3.63) is 72.8 Å². The number of urea groups is 1. The first-order valence-electron chi connectivity index (χ1n) is 7.79. The van der Waals surface area contributed by atoms with Crippen LogP contribution in [-0.4, -0.2) is 25.8 Å². The minimum absolute atomic E-state index is 0.112. The van der Waals surface area contributed by atoms with E-state index in [9.17, 15) is 9.18 Å². The summed E-state index contributed by atoms with van der Waals surface area (Å²) in [5.41, 5.74) is 2.83. The number of aromatic nitrogens is 4. The summed E-state index contributed by atoms with van der Waals surface area (Å²) in [7, 11) is 0. The Balaban J connectivity index is 1.54. The van der Waals surface area contributed by atoms with E-state index in [0.717, 1.165) is 5.56 Å². The van der Waals surface area contributed by atoms with Gasteiger partial charge < -0.3 is 10.6 Å². The van der Waals surface area contributed by atoms with Gasteiger partial charge in [0.05, 0.1) is 11.4 Å². The number of amides is 2. The van der Waals surface area contributed by atoms with Gasteiger partial charge in [-0.1, -0.05) is 24.3 Å². The van der Waals surface area contributed by atoms with Crippen LogP contribution in [0.4, 0.5) is 20.6 Å². The van der Waals surface area contributed by atoms with Crippen LogP contribution in [0.2, 0.25) is 0 Å². The van der Waals surface area contributed by atoms with E-state index in [1.54, 1.807) is 40.9 Å². The van der Waals surface area contributed by atoms with Gasteiger partial charge in [-0.3, -0.25) is 0 Å². The Hall–Kier alpha value is -3.81. The molecule has 2 amide bonds. The Bertz CT molecular complexity index is 1090. The molecule has 0 spiro atoms. The van der Waals surface area contributed by atoms with Crippen molar-refractivity contribution < 1.29 is 9.18 Å². The van der Waals surface area contributed by atoms with Crippen molar-refractivity contribution in [3.63, 3.8) is 0 Å². The predicted molar refractivity (Wildman–Crippen MR) is 95.3 cm³/mol. The summed E-state index contributed by atoms with van der Waals surface area (Å²) in [6, 6.07) is 16.3. The molecular formula is C18H13FN6O. The van der Waals surface area contributed by atoms with Crippen molar-refractivity contribution in [2.75, 3.05) is 10.6 Å². The van der Waals surface area contributed by atoms with Crippen LogP contribution in [0.1, 0.15) is 0 Å². The van der Waals surface area contributed by atoms with Crippen molar-refractivity contribution in [3.8, 4) is 11.3 Å². The molecule has 7 nitrogen and oxygen atoms in total. The summed E-state index contributed by atoms with van der Waals surface area (Å²) in [5, 5.41) is 17.3. The number of nitrogens with one attached hydrogen (secondary N) is 2. The molecule has 4 aromatic rings. The Morgan fingerprint density at radius 1 is 1.00 bits per heavy atom. The summed E-state index contributed by atoms with van der Waals surface area (Å²) in [5.74, 6) is -0.497. The van der Waals surface area contributed by atoms with Crippen LogP contribution >= 0.6 is 0 Å². The molecule has 8 heteroatoms. The van der Waals surface area contributed by atoms with E-state index in [2.05, 4.69) is 25.9 Å². The maximum absolute atomic E-state index is 13.6. The molecular weight excluding hydrogens is 335 g/mol. The van der Waals surface area contributed by atoms with Gasteiger partial charge in [-0.15, -0.1) is 10.2 Å². The van der Waals surface area contributed by atoms with Crippen LogP contribution in [0.5, 0.6) is 0 Å². The number of fused-ring (bicyclic) bond motifs is 1. The maximum Gasteiger partial charge on any atom is 0.323 e. The molecule has 0 saturated carbocycles. The number of nitrogens with zero attached hydrogens (tertiary/aromatic N) is 4. The van der Waals surface area contributed by atoms with Crippen molar-refractivity contribution in [2.45, 2.75) is 0 Å². The van der Waals surface area contributed by atoms with Crippen molar-refractivity contribution >= 4 is 23.1 Å². The first kappa shape index (κ1) is 15.7. The molecule has 0 radical (unpaired) electrons. The lowest BCUT2D eigenvalue weighted by molar-refractivity contribution is 0.262. The third-order valence-electron chi connectivity index (χ3n) is 3.70. The standard InChI is InChI=1S/C18H13FN6O/c19-14-6-1-2-7-16(14)22-18(26)21-13-5-3-4-12(10-13)15-8-9-17-23-20-11-25(17)24-15/h1-11H,(H2,21,22,26). The summed E-state index contributed by atoms with van der Waals surface area (Å²) < 4.78 is 15.2. The molecule has 2 aromatic carbocycles. The van der Waals surface area contributed by atoms with Crippen molar-refractivity contribution in [2.24, 2.45) is 0 Å². The van der Waals surface area contributed by atoms with Crippen LogP contribution in [0.15, 0.2) is 67.0 Å². The van der Waals surface area contributed by atoms with E-state index in [4.69, 9.17) is 0 Å². The second kappa shape index (κ2) is 6.60. The van der Waals surface area contributed by atoms with E-state index >= 15 is 0 Å². The number of hydrogen-bond acceptors (Lipinski definition) is 4. The number of anilines is 2. The van der Waals surface area contributed by atoms with Gasteiger partial charge in [0.15, 0.2) is 5.65 Å². The molecule has 2 heterocycles. The third-order valence-corrected chi connectivity index (χ3v) is 3.70. The number of carbonyl (C=O) groups excluding carboxylic acids is 1. The molecule has 4 rings (SSSR count). The van der Waals surface area contributed by atoms with E-state index in [0.29, 0.717) is 17.0 Å². The highest BCUT2D eigenvalue weighted by Gasteiger charge is 2.08. The molecule has 26 heavy (non-hydrogen) atoms. The molecule has 0 aliphatic carbocycles. The fourth-order valence-corrected chi connectivity index (χ4v) is 2.49. The molecule has 0 atom stereocenters. The lowest BCUT2D eigenvalue weighted by atomic mass is 10.1. The van der Waals surface area contributed by atoms with Gasteiger partial charge in [0.1, 0.15) is 12.1 Å². The zero-order chi connectivity index (χ0) is 17.9. The second-order valence-electron chi connectivity index (χ2n) is 5.49. The Morgan fingerprint density at radius 3 is 2.77 bits per heavy atom. The van der Waals surface area contributed by atoms with Crippen LogP contribution in [-0.2, 0) is 0 Å². The summed E-state index contributed by atoms with van der Waals surface area (Å²) in [6.07, 6.45) is 1.52. The van der Waals surface area contributed by atoms with Crippen LogP contribution < -0.4 is 10.6 Å². The second-order valence-corrected chi connectivity index (χ2v) is 5.49. The molecule has 2 N–H and O–H groups in total. The fraction of sp³-hybridized carbons (Fsp3) is 0. The molecule has 128 valence electrons. The zero-order valence-corrected chi connectivity index (χ0v) is 13.4. The normalized spacial score (nSPS) is 10.7. The largest absolute Gasteiger partial charge is 0.323 e. The minimum Gasteiger partial charge on any atom is -0.308 e. The van der Waals surface area contributed by atoms with E-state index in [-0.39, 0.29) is 5.69 Å². The average molecular weight is 348 g/mol. The van der Waals surface area contributed by atoms with Crippen LogP contribution in [0.25, 0.3) is 16.9 Å².